The lowest BCUT2D eigenvalue weighted by Gasteiger charge is -2.11. The first-order valence-corrected chi connectivity index (χ1v) is 7.13. The molecule has 0 bridgehead atoms. The molecule has 0 radical (unpaired) electrons. The van der Waals surface area contributed by atoms with E-state index in [4.69, 9.17) is 11.6 Å². The summed E-state index contributed by atoms with van der Waals surface area (Å²) in [5.41, 5.74) is 0.295. The van der Waals surface area contributed by atoms with Crippen molar-refractivity contribution in [3.05, 3.63) is 68.0 Å². The number of rotatable bonds is 3. The van der Waals surface area contributed by atoms with Gasteiger partial charge in [-0.1, -0.05) is 29.8 Å². The molecule has 2 rings (SSSR count). The van der Waals surface area contributed by atoms with Crippen LogP contribution < -0.4 is 0 Å². The molecule has 0 heterocycles. The van der Waals surface area contributed by atoms with Gasteiger partial charge >= 0.3 is 0 Å². The van der Waals surface area contributed by atoms with Crippen LogP contribution in [0.2, 0.25) is 5.02 Å². The van der Waals surface area contributed by atoms with Crippen molar-refractivity contribution in [3.8, 4) is 6.07 Å². The zero-order valence-electron chi connectivity index (χ0n) is 10.1. The maximum absolute atomic E-state index is 13.9. The molecule has 0 spiro atoms. The average molecular weight is 400 g/mol. The molecule has 2 aromatic rings. The summed E-state index contributed by atoms with van der Waals surface area (Å²) in [5.74, 6) is -2.36. The number of benzene rings is 2. The zero-order valence-corrected chi connectivity index (χ0v) is 13.0. The number of ketones is 1. The third-order valence-electron chi connectivity index (χ3n) is 2.79. The van der Waals surface area contributed by atoms with Crippen LogP contribution in [0.4, 0.5) is 4.39 Å². The Morgan fingerprint density at radius 1 is 1.30 bits per heavy atom. The van der Waals surface area contributed by atoms with E-state index in [9.17, 15) is 14.4 Å². The normalized spacial score (nSPS) is 11.7. The van der Waals surface area contributed by atoms with Crippen molar-refractivity contribution in [2.75, 3.05) is 0 Å². The fourth-order valence-electron chi connectivity index (χ4n) is 1.85. The summed E-state index contributed by atoms with van der Waals surface area (Å²) in [6, 6.07) is 12.7. The van der Waals surface area contributed by atoms with Crippen LogP contribution in [0.15, 0.2) is 42.5 Å². The maximum atomic E-state index is 13.9. The second kappa shape index (κ2) is 6.33. The fourth-order valence-corrected chi connectivity index (χ4v) is 2.66. The van der Waals surface area contributed by atoms with Crippen molar-refractivity contribution >= 4 is 40.0 Å². The van der Waals surface area contributed by atoms with Crippen LogP contribution in [0.3, 0.4) is 0 Å². The molecule has 20 heavy (non-hydrogen) atoms. The molecule has 0 fully saturated rings. The molecule has 1 unspecified atom stereocenters. The van der Waals surface area contributed by atoms with Crippen molar-refractivity contribution in [1.29, 1.82) is 5.26 Å². The van der Waals surface area contributed by atoms with Gasteiger partial charge in [0.15, 0.2) is 5.78 Å². The van der Waals surface area contributed by atoms with Gasteiger partial charge < -0.3 is 0 Å². The highest BCUT2D eigenvalue weighted by Gasteiger charge is 2.27. The summed E-state index contributed by atoms with van der Waals surface area (Å²) in [5, 5.41) is 9.31. The number of Topliss-reactive ketones (excluding diaryl/α,β-unsaturated/α-hetero) is 1. The lowest BCUT2D eigenvalue weighted by atomic mass is 9.91. The van der Waals surface area contributed by atoms with E-state index in [0.717, 1.165) is 3.57 Å². The maximum Gasteiger partial charge on any atom is 0.184 e. The SMILES string of the molecule is N#CC(C(=O)c1cccc(I)c1)c1c(F)cccc1Cl. The van der Waals surface area contributed by atoms with E-state index in [1.54, 1.807) is 18.2 Å². The van der Waals surface area contributed by atoms with E-state index in [0.29, 0.717) is 5.56 Å². The Labute approximate surface area is 134 Å². The summed E-state index contributed by atoms with van der Waals surface area (Å²) >= 11 is 7.99. The summed E-state index contributed by atoms with van der Waals surface area (Å²) in [4.78, 5) is 12.4. The quantitative estimate of drug-likeness (QED) is 0.560. The smallest absolute Gasteiger partial charge is 0.184 e. The van der Waals surface area contributed by atoms with Crippen molar-refractivity contribution in [3.63, 3.8) is 0 Å². The van der Waals surface area contributed by atoms with Crippen LogP contribution in [-0.4, -0.2) is 5.78 Å². The van der Waals surface area contributed by atoms with E-state index in [1.807, 2.05) is 12.1 Å². The Bertz CT molecular complexity index is 691. The minimum Gasteiger partial charge on any atom is -0.292 e. The van der Waals surface area contributed by atoms with Crippen LogP contribution >= 0.6 is 34.2 Å². The molecule has 100 valence electrons. The van der Waals surface area contributed by atoms with Gasteiger partial charge in [0, 0.05) is 19.7 Å². The molecule has 2 nitrogen and oxygen atoms in total. The van der Waals surface area contributed by atoms with Crippen LogP contribution in [0.1, 0.15) is 21.8 Å². The fraction of sp³-hybridized carbons (Fsp3) is 0.0667. The van der Waals surface area contributed by atoms with Gasteiger partial charge in [0.1, 0.15) is 11.7 Å². The molecule has 0 saturated heterocycles. The molecule has 0 aliphatic rings. The topological polar surface area (TPSA) is 40.9 Å². The minimum absolute atomic E-state index is 0.0690. The predicted octanol–water partition coefficient (Wildman–Crippen LogP) is 4.57. The zero-order chi connectivity index (χ0) is 14.7. The summed E-state index contributed by atoms with van der Waals surface area (Å²) in [6.45, 7) is 0. The van der Waals surface area contributed by atoms with Gasteiger partial charge in [-0.15, -0.1) is 0 Å². The van der Waals surface area contributed by atoms with Gasteiger partial charge in [-0.3, -0.25) is 4.79 Å². The van der Waals surface area contributed by atoms with E-state index < -0.39 is 17.5 Å². The number of halogens is 3. The van der Waals surface area contributed by atoms with E-state index in [1.165, 1.54) is 18.2 Å². The monoisotopic (exact) mass is 399 g/mol. The van der Waals surface area contributed by atoms with Gasteiger partial charge in [-0.2, -0.15) is 5.26 Å². The first-order chi connectivity index (χ1) is 9.54. The Morgan fingerprint density at radius 3 is 2.60 bits per heavy atom. The highest BCUT2D eigenvalue weighted by molar-refractivity contribution is 14.1. The number of nitriles is 1. The number of hydrogen-bond donors (Lipinski definition) is 0. The average Bonchev–Trinajstić information content (AvgIpc) is 2.42. The Hall–Kier alpha value is -1.45. The van der Waals surface area contributed by atoms with Gasteiger partial charge in [0.25, 0.3) is 0 Å². The van der Waals surface area contributed by atoms with Gasteiger partial charge in [0.2, 0.25) is 0 Å². The Balaban J connectivity index is 2.49. The predicted molar refractivity (Wildman–Crippen MR) is 83.3 cm³/mol. The Morgan fingerprint density at radius 2 is 2.00 bits per heavy atom. The number of carbonyl (C=O) groups excluding carboxylic acids is 1. The molecule has 0 aliphatic carbocycles. The van der Waals surface area contributed by atoms with E-state index in [2.05, 4.69) is 22.6 Å². The molecular weight excluding hydrogens is 392 g/mol. The second-order valence-corrected chi connectivity index (χ2v) is 5.72. The number of hydrogen-bond acceptors (Lipinski definition) is 2. The van der Waals surface area contributed by atoms with Gasteiger partial charge in [-0.05, 0) is 46.9 Å². The van der Waals surface area contributed by atoms with Crippen LogP contribution in [0, 0.1) is 20.7 Å². The molecule has 2 aromatic carbocycles. The third-order valence-corrected chi connectivity index (χ3v) is 3.79. The lowest BCUT2D eigenvalue weighted by molar-refractivity contribution is 0.0977. The number of nitrogens with zero attached hydrogens (tertiary/aromatic N) is 1. The standard InChI is InChI=1S/C15H8ClFINO/c16-12-5-2-6-13(17)14(12)11(8-19)15(20)9-3-1-4-10(18)7-9/h1-7,11H. The highest BCUT2D eigenvalue weighted by atomic mass is 127. The third kappa shape index (κ3) is 3.00. The van der Waals surface area contributed by atoms with Crippen LogP contribution in [0.5, 0.6) is 0 Å². The van der Waals surface area contributed by atoms with Gasteiger partial charge in [0.05, 0.1) is 6.07 Å². The molecule has 1 atom stereocenters. The molecule has 0 saturated carbocycles. The van der Waals surface area contributed by atoms with Crippen LogP contribution in [-0.2, 0) is 0 Å². The van der Waals surface area contributed by atoms with Crippen molar-refractivity contribution in [1.82, 2.24) is 0 Å². The summed E-state index contributed by atoms with van der Waals surface area (Å²) < 4.78 is 14.7. The van der Waals surface area contributed by atoms with E-state index >= 15 is 0 Å². The molecular formula is C15H8ClFINO. The minimum atomic E-state index is -1.25. The first kappa shape index (κ1) is 14.9. The molecule has 0 aliphatic heterocycles. The highest BCUT2D eigenvalue weighted by Crippen LogP contribution is 2.29. The van der Waals surface area contributed by atoms with Crippen LogP contribution in [0.25, 0.3) is 0 Å². The van der Waals surface area contributed by atoms with Crippen molar-refractivity contribution in [2.24, 2.45) is 0 Å². The molecule has 5 heteroatoms. The van der Waals surface area contributed by atoms with E-state index in [-0.39, 0.29) is 10.6 Å². The molecule has 0 amide bonds. The van der Waals surface area contributed by atoms with Crippen molar-refractivity contribution in [2.45, 2.75) is 5.92 Å². The molecule has 0 N–H and O–H groups in total. The lowest BCUT2D eigenvalue weighted by Crippen LogP contribution is -2.13. The first-order valence-electron chi connectivity index (χ1n) is 5.68. The molecule has 0 aromatic heterocycles. The summed E-state index contributed by atoms with van der Waals surface area (Å²) in [7, 11) is 0. The second-order valence-electron chi connectivity index (χ2n) is 4.07. The number of carbonyl (C=O) groups is 1. The van der Waals surface area contributed by atoms with Gasteiger partial charge in [-0.25, -0.2) is 4.39 Å². The van der Waals surface area contributed by atoms with Crippen molar-refractivity contribution < 1.29 is 9.18 Å². The largest absolute Gasteiger partial charge is 0.292 e. The summed E-state index contributed by atoms with van der Waals surface area (Å²) in [6.07, 6.45) is 0. The Kier molecular flexibility index (Phi) is 4.73.